The lowest BCUT2D eigenvalue weighted by Crippen LogP contribution is -2.27. The van der Waals surface area contributed by atoms with Crippen molar-refractivity contribution in [1.29, 1.82) is 0 Å². The van der Waals surface area contributed by atoms with Crippen LogP contribution in [-0.2, 0) is 11.2 Å². The fourth-order valence-corrected chi connectivity index (χ4v) is 1.97. The van der Waals surface area contributed by atoms with Crippen molar-refractivity contribution in [2.24, 2.45) is 5.92 Å². The van der Waals surface area contributed by atoms with Gasteiger partial charge in [-0.05, 0) is 43.9 Å². The molecule has 0 aliphatic heterocycles. The van der Waals surface area contributed by atoms with Crippen LogP contribution in [0.2, 0.25) is 0 Å². The van der Waals surface area contributed by atoms with Crippen molar-refractivity contribution < 1.29 is 4.74 Å². The largest absolute Gasteiger partial charge is 0.381 e. The van der Waals surface area contributed by atoms with Crippen LogP contribution in [0.25, 0.3) is 0 Å². The molecule has 0 radical (unpaired) electrons. The van der Waals surface area contributed by atoms with Crippen LogP contribution in [0.15, 0.2) is 24.3 Å². The first-order valence-corrected chi connectivity index (χ1v) is 6.60. The summed E-state index contributed by atoms with van der Waals surface area (Å²) in [5.41, 5.74) is 2.82. The van der Waals surface area contributed by atoms with Gasteiger partial charge in [0.1, 0.15) is 0 Å². The molecule has 2 heteroatoms. The quantitative estimate of drug-likeness (QED) is 0.748. The smallest absolute Gasteiger partial charge is 0.0509 e. The molecule has 0 saturated carbocycles. The van der Waals surface area contributed by atoms with E-state index in [4.69, 9.17) is 4.74 Å². The molecule has 1 atom stereocenters. The number of hydrogen-bond donors (Lipinski definition) is 1. The maximum Gasteiger partial charge on any atom is 0.0509 e. The van der Waals surface area contributed by atoms with Gasteiger partial charge in [0, 0.05) is 13.2 Å². The molecule has 1 N–H and O–H groups in total. The molecule has 1 rings (SSSR count). The molecule has 0 aromatic heterocycles. The molecule has 0 fully saturated rings. The van der Waals surface area contributed by atoms with Gasteiger partial charge in [-0.2, -0.15) is 0 Å². The summed E-state index contributed by atoms with van der Waals surface area (Å²) >= 11 is 0. The highest BCUT2D eigenvalue weighted by atomic mass is 16.5. The first kappa shape index (κ1) is 14.2. The third-order valence-corrected chi connectivity index (χ3v) is 3.01. The Morgan fingerprint density at radius 1 is 1.24 bits per heavy atom. The van der Waals surface area contributed by atoms with Crippen molar-refractivity contribution in [2.75, 3.05) is 26.3 Å². The Kier molecular flexibility index (Phi) is 6.90. The third-order valence-electron chi connectivity index (χ3n) is 3.01. The Morgan fingerprint density at radius 2 is 2.00 bits per heavy atom. The van der Waals surface area contributed by atoms with E-state index < -0.39 is 0 Å². The highest BCUT2D eigenvalue weighted by molar-refractivity contribution is 5.25. The molecule has 17 heavy (non-hydrogen) atoms. The van der Waals surface area contributed by atoms with Crippen LogP contribution >= 0.6 is 0 Å². The molecule has 0 bridgehead atoms. The van der Waals surface area contributed by atoms with Crippen molar-refractivity contribution in [3.05, 3.63) is 35.4 Å². The summed E-state index contributed by atoms with van der Waals surface area (Å²) in [5, 5.41) is 3.42. The first-order valence-electron chi connectivity index (χ1n) is 6.60. The number of aryl methyl sites for hydroxylation is 1. The van der Waals surface area contributed by atoms with Gasteiger partial charge in [-0.1, -0.05) is 31.2 Å². The molecule has 0 aliphatic carbocycles. The fourth-order valence-electron chi connectivity index (χ4n) is 1.97. The number of ether oxygens (including phenoxy) is 1. The Hall–Kier alpha value is -0.860. The number of nitrogens with one attached hydrogen (secondary N) is 1. The van der Waals surface area contributed by atoms with E-state index >= 15 is 0 Å². The normalized spacial score (nSPS) is 12.6. The van der Waals surface area contributed by atoms with Gasteiger partial charge in [0.05, 0.1) is 6.61 Å². The van der Waals surface area contributed by atoms with Gasteiger partial charge in [0.2, 0.25) is 0 Å². The summed E-state index contributed by atoms with van der Waals surface area (Å²) in [6.45, 7) is 10.1. The average Bonchev–Trinajstić information content (AvgIpc) is 2.35. The molecule has 2 nitrogen and oxygen atoms in total. The van der Waals surface area contributed by atoms with Crippen molar-refractivity contribution in [2.45, 2.75) is 27.2 Å². The van der Waals surface area contributed by atoms with E-state index in [9.17, 15) is 0 Å². The predicted octanol–water partition coefficient (Wildman–Crippen LogP) is 2.80. The molecule has 0 saturated heterocycles. The van der Waals surface area contributed by atoms with Gasteiger partial charge in [0.25, 0.3) is 0 Å². The minimum absolute atomic E-state index is 0.566. The summed E-state index contributed by atoms with van der Waals surface area (Å²) in [6.07, 6.45) is 1.10. The second-order valence-corrected chi connectivity index (χ2v) is 4.46. The van der Waals surface area contributed by atoms with E-state index in [1.54, 1.807) is 0 Å². The summed E-state index contributed by atoms with van der Waals surface area (Å²) in [4.78, 5) is 0. The van der Waals surface area contributed by atoms with Gasteiger partial charge < -0.3 is 10.1 Å². The van der Waals surface area contributed by atoms with Crippen LogP contribution in [0.5, 0.6) is 0 Å². The molecular formula is C15H25NO. The molecule has 0 amide bonds. The maximum absolute atomic E-state index is 5.56. The molecule has 0 spiro atoms. The summed E-state index contributed by atoms with van der Waals surface area (Å²) in [7, 11) is 0. The molecular weight excluding hydrogens is 210 g/mol. The van der Waals surface area contributed by atoms with Crippen LogP contribution in [0.1, 0.15) is 25.0 Å². The standard InChI is InChI=1S/C15H25NO/c1-4-16-11-14(12-17-5-2)10-15-9-7-6-8-13(15)3/h6-9,14,16H,4-5,10-12H2,1-3H3. The molecule has 0 heterocycles. The Morgan fingerprint density at radius 3 is 2.65 bits per heavy atom. The zero-order chi connectivity index (χ0) is 12.5. The second kappa shape index (κ2) is 8.26. The van der Waals surface area contributed by atoms with Crippen molar-refractivity contribution in [3.8, 4) is 0 Å². The van der Waals surface area contributed by atoms with Gasteiger partial charge in [-0.3, -0.25) is 0 Å². The maximum atomic E-state index is 5.56. The zero-order valence-electron chi connectivity index (χ0n) is 11.3. The zero-order valence-corrected chi connectivity index (χ0v) is 11.3. The topological polar surface area (TPSA) is 21.3 Å². The van der Waals surface area contributed by atoms with Crippen molar-refractivity contribution in [1.82, 2.24) is 5.32 Å². The predicted molar refractivity (Wildman–Crippen MR) is 73.4 cm³/mol. The highest BCUT2D eigenvalue weighted by Crippen LogP contribution is 2.13. The monoisotopic (exact) mass is 235 g/mol. The van der Waals surface area contributed by atoms with Crippen molar-refractivity contribution >= 4 is 0 Å². The van der Waals surface area contributed by atoms with E-state index in [-0.39, 0.29) is 0 Å². The van der Waals surface area contributed by atoms with Crippen LogP contribution in [0.4, 0.5) is 0 Å². The van der Waals surface area contributed by atoms with Gasteiger partial charge in [0.15, 0.2) is 0 Å². The Balaban J connectivity index is 2.55. The van der Waals surface area contributed by atoms with Crippen LogP contribution in [0, 0.1) is 12.8 Å². The number of benzene rings is 1. The first-order chi connectivity index (χ1) is 8.27. The SMILES string of the molecule is CCNCC(COCC)Cc1ccccc1C. The summed E-state index contributed by atoms with van der Waals surface area (Å²) in [6, 6.07) is 8.62. The summed E-state index contributed by atoms with van der Waals surface area (Å²) < 4.78 is 5.56. The second-order valence-electron chi connectivity index (χ2n) is 4.46. The van der Waals surface area contributed by atoms with Gasteiger partial charge in [-0.25, -0.2) is 0 Å². The van der Waals surface area contributed by atoms with Crippen molar-refractivity contribution in [3.63, 3.8) is 0 Å². The lowest BCUT2D eigenvalue weighted by molar-refractivity contribution is 0.110. The van der Waals surface area contributed by atoms with Gasteiger partial charge >= 0.3 is 0 Å². The molecule has 0 aliphatic rings. The minimum Gasteiger partial charge on any atom is -0.381 e. The molecule has 1 aromatic carbocycles. The average molecular weight is 235 g/mol. The lowest BCUT2D eigenvalue weighted by Gasteiger charge is -2.18. The lowest BCUT2D eigenvalue weighted by atomic mass is 9.96. The van der Waals surface area contributed by atoms with Crippen LogP contribution < -0.4 is 5.32 Å². The number of hydrogen-bond acceptors (Lipinski definition) is 2. The fraction of sp³-hybridized carbons (Fsp3) is 0.600. The van der Waals surface area contributed by atoms with E-state index in [1.165, 1.54) is 11.1 Å². The Bertz CT molecular complexity index is 304. The third kappa shape index (κ3) is 5.33. The molecule has 1 aromatic rings. The van der Waals surface area contributed by atoms with Crippen LogP contribution in [-0.4, -0.2) is 26.3 Å². The molecule has 96 valence electrons. The minimum atomic E-state index is 0.566. The van der Waals surface area contributed by atoms with Gasteiger partial charge in [-0.15, -0.1) is 0 Å². The van der Waals surface area contributed by atoms with E-state index in [1.807, 2.05) is 0 Å². The highest BCUT2D eigenvalue weighted by Gasteiger charge is 2.10. The van der Waals surface area contributed by atoms with E-state index in [0.29, 0.717) is 5.92 Å². The molecule has 1 unspecified atom stereocenters. The van der Waals surface area contributed by atoms with Crippen LogP contribution in [0.3, 0.4) is 0 Å². The Labute approximate surface area is 105 Å². The van der Waals surface area contributed by atoms with E-state index in [2.05, 4.69) is 50.4 Å². The number of rotatable bonds is 8. The summed E-state index contributed by atoms with van der Waals surface area (Å²) in [5.74, 6) is 0.566. The van der Waals surface area contributed by atoms with E-state index in [0.717, 1.165) is 32.7 Å².